The quantitative estimate of drug-likeness (QED) is 0.329. The summed E-state index contributed by atoms with van der Waals surface area (Å²) in [4.78, 5) is 64.9. The number of β-lactam (4-membered cyclic amide) rings is 1. The van der Waals surface area contributed by atoms with Crippen molar-refractivity contribution in [2.24, 2.45) is 0 Å². The van der Waals surface area contributed by atoms with Crippen molar-refractivity contribution in [3.63, 3.8) is 0 Å². The van der Waals surface area contributed by atoms with Crippen LogP contribution in [0.25, 0.3) is 11.0 Å². The first-order valence-electron chi connectivity index (χ1n) is 11.5. The van der Waals surface area contributed by atoms with E-state index in [-0.39, 0.29) is 5.56 Å². The van der Waals surface area contributed by atoms with Crippen LogP contribution < -0.4 is 16.3 Å². The molecule has 1 unspecified atom stereocenters. The zero-order chi connectivity index (χ0) is 26.5. The first-order valence-corrected chi connectivity index (χ1v) is 12.4. The lowest BCUT2D eigenvalue weighted by atomic mass is 9.95. The molecule has 0 radical (unpaired) electrons. The molecule has 0 saturated carbocycles. The van der Waals surface area contributed by atoms with Crippen molar-refractivity contribution < 1.29 is 28.7 Å². The fourth-order valence-corrected chi connectivity index (χ4v) is 6.38. The van der Waals surface area contributed by atoms with E-state index in [2.05, 4.69) is 10.6 Å². The molecule has 37 heavy (non-hydrogen) atoms. The van der Waals surface area contributed by atoms with E-state index < -0.39 is 57.6 Å². The Balaban J connectivity index is 1.39. The summed E-state index contributed by atoms with van der Waals surface area (Å²) in [5, 5.41) is 14.9. The van der Waals surface area contributed by atoms with Crippen LogP contribution in [0.4, 0.5) is 0 Å². The van der Waals surface area contributed by atoms with E-state index in [9.17, 15) is 29.1 Å². The first-order chi connectivity index (χ1) is 17.6. The number of rotatable bonds is 6. The zero-order valence-electron chi connectivity index (χ0n) is 19.8. The van der Waals surface area contributed by atoms with E-state index in [1.54, 1.807) is 68.4 Å². The molecule has 0 spiro atoms. The van der Waals surface area contributed by atoms with Crippen LogP contribution in [0, 0.1) is 0 Å². The average molecular weight is 522 g/mol. The van der Waals surface area contributed by atoms with E-state index in [1.165, 1.54) is 22.7 Å². The van der Waals surface area contributed by atoms with Crippen LogP contribution in [0.5, 0.6) is 0 Å². The van der Waals surface area contributed by atoms with Crippen LogP contribution in [0.15, 0.2) is 69.9 Å². The molecule has 2 fully saturated rings. The molecule has 3 heterocycles. The van der Waals surface area contributed by atoms with Gasteiger partial charge in [-0.1, -0.05) is 48.5 Å². The Kier molecular flexibility index (Phi) is 6.03. The van der Waals surface area contributed by atoms with Gasteiger partial charge in [0.1, 0.15) is 34.6 Å². The third-order valence-corrected chi connectivity index (χ3v) is 8.10. The van der Waals surface area contributed by atoms with Gasteiger partial charge in [0, 0.05) is 10.1 Å². The van der Waals surface area contributed by atoms with Crippen molar-refractivity contribution in [3.8, 4) is 0 Å². The number of nitrogens with zero attached hydrogens (tertiary/aromatic N) is 1. The number of aliphatic carboxylic acids is 1. The molecule has 2 saturated heterocycles. The molecule has 4 atom stereocenters. The van der Waals surface area contributed by atoms with Crippen molar-refractivity contribution in [1.29, 1.82) is 0 Å². The molecule has 2 aliphatic rings. The molecular formula is C26H23N3O7S. The van der Waals surface area contributed by atoms with E-state index in [4.69, 9.17) is 4.42 Å². The second kappa shape index (κ2) is 9.07. The van der Waals surface area contributed by atoms with Crippen LogP contribution in [0.3, 0.4) is 0 Å². The maximum Gasteiger partial charge on any atom is 0.349 e. The monoisotopic (exact) mass is 521 g/mol. The summed E-state index contributed by atoms with van der Waals surface area (Å²) in [6, 6.07) is 13.3. The summed E-state index contributed by atoms with van der Waals surface area (Å²) in [5.41, 5.74) is -0.357. The Hall–Kier alpha value is -4.12. The van der Waals surface area contributed by atoms with Gasteiger partial charge in [-0.3, -0.25) is 14.4 Å². The highest BCUT2D eigenvalue weighted by Gasteiger charge is 2.64. The zero-order valence-corrected chi connectivity index (χ0v) is 20.7. The number of carbonyl (C=O) groups excluding carboxylic acids is 3. The average Bonchev–Trinajstić information content (AvgIpc) is 3.13. The number of thioether (sulfide) groups is 1. The predicted octanol–water partition coefficient (Wildman–Crippen LogP) is 1.90. The van der Waals surface area contributed by atoms with E-state index in [0.29, 0.717) is 16.5 Å². The minimum absolute atomic E-state index is 0.268. The summed E-state index contributed by atoms with van der Waals surface area (Å²) >= 11 is 1.30. The van der Waals surface area contributed by atoms with Crippen LogP contribution in [-0.2, 0) is 14.4 Å². The van der Waals surface area contributed by atoms with Gasteiger partial charge in [-0.25, -0.2) is 9.59 Å². The van der Waals surface area contributed by atoms with Gasteiger partial charge in [0.05, 0.1) is 0 Å². The predicted molar refractivity (Wildman–Crippen MR) is 135 cm³/mol. The highest BCUT2D eigenvalue weighted by atomic mass is 32.2. The lowest BCUT2D eigenvalue weighted by molar-refractivity contribution is -0.161. The van der Waals surface area contributed by atoms with Crippen LogP contribution in [-0.4, -0.2) is 55.9 Å². The number of benzene rings is 2. The third-order valence-electron chi connectivity index (χ3n) is 6.53. The van der Waals surface area contributed by atoms with Crippen molar-refractivity contribution in [3.05, 3.63) is 82.2 Å². The van der Waals surface area contributed by atoms with Gasteiger partial charge in [-0.05, 0) is 31.5 Å². The number of nitrogens with one attached hydrogen (secondary N) is 2. The molecule has 3 aromatic rings. The first kappa shape index (κ1) is 24.6. The highest BCUT2D eigenvalue weighted by molar-refractivity contribution is 8.01. The minimum Gasteiger partial charge on any atom is -0.480 e. The summed E-state index contributed by atoms with van der Waals surface area (Å²) in [5.74, 6) is -3.09. The molecule has 0 aliphatic carbocycles. The molecule has 3 N–H and O–H groups in total. The molecule has 190 valence electrons. The SMILES string of the molecule is CC1(C)S[C@@H]2[C@H](NC(=O)C(NC(=O)c3cc4ccccc4oc3=O)c3ccccc3)C(=O)N2[C@H]1C(=O)O. The summed E-state index contributed by atoms with van der Waals surface area (Å²) < 4.78 is 4.50. The molecule has 3 amide bonds. The molecule has 11 heteroatoms. The van der Waals surface area contributed by atoms with E-state index in [0.717, 1.165) is 0 Å². The second-order valence-corrected chi connectivity index (χ2v) is 11.2. The number of hydrogen-bond donors (Lipinski definition) is 3. The van der Waals surface area contributed by atoms with Crippen molar-refractivity contribution >= 4 is 46.4 Å². The number of amides is 3. The van der Waals surface area contributed by atoms with Gasteiger partial charge in [0.2, 0.25) is 11.8 Å². The number of carbonyl (C=O) groups is 4. The number of carboxylic acid groups (broad SMARTS) is 1. The number of para-hydroxylation sites is 1. The molecular weight excluding hydrogens is 498 g/mol. The lowest BCUT2D eigenvalue weighted by Gasteiger charge is -2.44. The Bertz CT molecular complexity index is 1490. The van der Waals surface area contributed by atoms with Crippen molar-refractivity contribution in [2.45, 2.75) is 42.1 Å². The smallest absolute Gasteiger partial charge is 0.349 e. The Morgan fingerprint density at radius 3 is 2.43 bits per heavy atom. The number of carboxylic acids is 1. The minimum atomic E-state index is -1.23. The largest absolute Gasteiger partial charge is 0.480 e. The maximum atomic E-state index is 13.4. The standard InChI is InChI=1S/C26H23N3O7S/c1-26(2)19(24(33)34)29-22(32)18(23(29)37-26)28-21(31)17(13-8-4-3-5-9-13)27-20(30)15-12-14-10-6-7-11-16(14)36-25(15)35/h3-12,17-19,23H,1-2H3,(H,27,30)(H,28,31)(H,33,34)/t17?,18-,19+,23-/m1/s1. The van der Waals surface area contributed by atoms with Crippen LogP contribution in [0.1, 0.15) is 35.8 Å². The summed E-state index contributed by atoms with van der Waals surface area (Å²) in [6.45, 7) is 3.48. The Morgan fingerprint density at radius 2 is 1.73 bits per heavy atom. The van der Waals surface area contributed by atoms with Gasteiger partial charge in [0.15, 0.2) is 0 Å². The molecule has 10 nitrogen and oxygen atoms in total. The highest BCUT2D eigenvalue weighted by Crippen LogP contribution is 2.50. The van der Waals surface area contributed by atoms with Gasteiger partial charge in [0.25, 0.3) is 5.91 Å². The molecule has 1 aromatic heterocycles. The summed E-state index contributed by atoms with van der Waals surface area (Å²) in [7, 11) is 0. The van der Waals surface area contributed by atoms with Crippen LogP contribution >= 0.6 is 11.8 Å². The van der Waals surface area contributed by atoms with Gasteiger partial charge in [-0.2, -0.15) is 0 Å². The maximum absolute atomic E-state index is 13.4. The Labute approximate surface area is 215 Å². The van der Waals surface area contributed by atoms with Crippen LogP contribution in [0.2, 0.25) is 0 Å². The fourth-order valence-electron chi connectivity index (χ4n) is 4.76. The Morgan fingerprint density at radius 1 is 1.05 bits per heavy atom. The molecule has 5 rings (SSSR count). The van der Waals surface area contributed by atoms with Crippen molar-refractivity contribution in [1.82, 2.24) is 15.5 Å². The third kappa shape index (κ3) is 4.25. The topological polar surface area (TPSA) is 146 Å². The van der Waals surface area contributed by atoms with Gasteiger partial charge in [-0.15, -0.1) is 11.8 Å². The number of fused-ring (bicyclic) bond motifs is 2. The second-order valence-electron chi connectivity index (χ2n) is 9.39. The summed E-state index contributed by atoms with van der Waals surface area (Å²) in [6.07, 6.45) is 0. The molecule has 2 aromatic carbocycles. The van der Waals surface area contributed by atoms with Gasteiger partial charge >= 0.3 is 11.6 Å². The molecule has 0 bridgehead atoms. The van der Waals surface area contributed by atoms with Gasteiger partial charge < -0.3 is 25.1 Å². The normalized spacial score (nSPS) is 22.6. The number of hydrogen-bond acceptors (Lipinski definition) is 7. The lowest BCUT2D eigenvalue weighted by Crippen LogP contribution is -2.71. The van der Waals surface area contributed by atoms with E-state index in [1.807, 2.05) is 0 Å². The van der Waals surface area contributed by atoms with E-state index >= 15 is 0 Å². The fraction of sp³-hybridized carbons (Fsp3) is 0.269. The van der Waals surface area contributed by atoms with Crippen molar-refractivity contribution in [2.75, 3.05) is 0 Å². The molecule has 2 aliphatic heterocycles.